The lowest BCUT2D eigenvalue weighted by Crippen LogP contribution is -2.11. The predicted octanol–water partition coefficient (Wildman–Crippen LogP) is 3.82. The summed E-state index contributed by atoms with van der Waals surface area (Å²) in [6.45, 7) is 1.70. The van der Waals surface area contributed by atoms with Crippen LogP contribution in [-0.4, -0.2) is 17.3 Å². The summed E-state index contributed by atoms with van der Waals surface area (Å²) in [7, 11) is 0. The zero-order valence-electron chi connectivity index (χ0n) is 11.2. The monoisotopic (exact) mass is 305 g/mol. The Labute approximate surface area is 126 Å². The minimum atomic E-state index is -0.513. The topological polar surface area (TPSA) is 69.4 Å². The third kappa shape index (κ3) is 3.79. The normalized spacial score (nSPS) is 10.2. The van der Waals surface area contributed by atoms with Crippen LogP contribution in [0.3, 0.4) is 0 Å². The Morgan fingerprint density at radius 2 is 1.90 bits per heavy atom. The number of nitro groups is 1. The van der Waals surface area contributed by atoms with Gasteiger partial charge in [-0.1, -0.05) is 11.6 Å². The zero-order valence-corrected chi connectivity index (χ0v) is 12.0. The van der Waals surface area contributed by atoms with Gasteiger partial charge in [-0.3, -0.25) is 14.9 Å². The number of nitrogens with zero attached hydrogens (tertiary/aromatic N) is 1. The summed E-state index contributed by atoms with van der Waals surface area (Å²) in [5.41, 5.74) is 1.17. The highest BCUT2D eigenvalue weighted by molar-refractivity contribution is 6.31. The van der Waals surface area contributed by atoms with Crippen molar-refractivity contribution in [1.29, 1.82) is 0 Å². The highest BCUT2D eigenvalue weighted by Crippen LogP contribution is 2.21. The van der Waals surface area contributed by atoms with Crippen LogP contribution >= 0.6 is 11.6 Å². The van der Waals surface area contributed by atoms with Gasteiger partial charge < -0.3 is 4.74 Å². The van der Waals surface area contributed by atoms with Gasteiger partial charge in [0.25, 0.3) is 5.69 Å². The van der Waals surface area contributed by atoms with E-state index >= 15 is 0 Å². The van der Waals surface area contributed by atoms with Crippen molar-refractivity contribution in [3.63, 3.8) is 0 Å². The van der Waals surface area contributed by atoms with Crippen LogP contribution in [0.1, 0.15) is 15.9 Å². The van der Waals surface area contributed by atoms with Gasteiger partial charge in [0.15, 0.2) is 12.4 Å². The molecule has 2 aromatic rings. The molecular formula is C15H12ClNO4. The lowest BCUT2D eigenvalue weighted by atomic mass is 10.1. The molecule has 5 nitrogen and oxygen atoms in total. The highest BCUT2D eigenvalue weighted by atomic mass is 35.5. The molecule has 0 spiro atoms. The van der Waals surface area contributed by atoms with Crippen LogP contribution < -0.4 is 4.74 Å². The average Bonchev–Trinajstić information content (AvgIpc) is 2.48. The third-order valence-corrected chi connectivity index (χ3v) is 3.32. The van der Waals surface area contributed by atoms with Gasteiger partial charge in [0.1, 0.15) is 5.75 Å². The van der Waals surface area contributed by atoms with Crippen molar-refractivity contribution in [3.8, 4) is 5.75 Å². The largest absolute Gasteiger partial charge is 0.485 e. The number of carbonyl (C=O) groups is 1. The Morgan fingerprint density at radius 3 is 2.48 bits per heavy atom. The molecule has 2 rings (SSSR count). The van der Waals surface area contributed by atoms with Crippen molar-refractivity contribution >= 4 is 23.1 Å². The molecule has 0 aliphatic carbocycles. The zero-order chi connectivity index (χ0) is 15.4. The number of ether oxygens (including phenoxy) is 1. The van der Waals surface area contributed by atoms with E-state index in [1.54, 1.807) is 18.2 Å². The van der Waals surface area contributed by atoms with Crippen LogP contribution in [0.15, 0.2) is 42.5 Å². The first-order valence-corrected chi connectivity index (χ1v) is 6.52. The highest BCUT2D eigenvalue weighted by Gasteiger charge is 2.10. The summed E-state index contributed by atoms with van der Waals surface area (Å²) < 4.78 is 5.39. The molecule has 0 bridgehead atoms. The van der Waals surface area contributed by atoms with Gasteiger partial charge >= 0.3 is 0 Å². The molecule has 0 aromatic heterocycles. The van der Waals surface area contributed by atoms with E-state index in [1.807, 2.05) is 6.92 Å². The summed E-state index contributed by atoms with van der Waals surface area (Å²) in [6, 6.07) is 10.5. The predicted molar refractivity (Wildman–Crippen MR) is 79.1 cm³/mol. The van der Waals surface area contributed by atoms with Gasteiger partial charge in [-0.05, 0) is 42.8 Å². The maximum atomic E-state index is 11.9. The van der Waals surface area contributed by atoms with Crippen molar-refractivity contribution in [2.75, 3.05) is 6.61 Å². The number of non-ortho nitro benzene ring substituents is 1. The summed E-state index contributed by atoms with van der Waals surface area (Å²) >= 11 is 5.90. The number of rotatable bonds is 5. The van der Waals surface area contributed by atoms with E-state index in [4.69, 9.17) is 16.3 Å². The smallest absolute Gasteiger partial charge is 0.269 e. The van der Waals surface area contributed by atoms with E-state index in [9.17, 15) is 14.9 Å². The minimum absolute atomic E-state index is 0.0548. The molecule has 0 unspecified atom stereocenters. The Hall–Kier alpha value is -2.40. The number of halogens is 1. The van der Waals surface area contributed by atoms with E-state index in [0.717, 1.165) is 5.56 Å². The van der Waals surface area contributed by atoms with E-state index in [0.29, 0.717) is 16.3 Å². The molecule has 108 valence electrons. The molecule has 6 heteroatoms. The van der Waals surface area contributed by atoms with Crippen LogP contribution in [0.5, 0.6) is 5.75 Å². The number of Topliss-reactive ketones (excluding diaryl/α,β-unsaturated/α-hetero) is 1. The van der Waals surface area contributed by atoms with Crippen molar-refractivity contribution in [3.05, 3.63) is 68.7 Å². The van der Waals surface area contributed by atoms with Gasteiger partial charge in [-0.25, -0.2) is 0 Å². The molecule has 0 radical (unpaired) electrons. The second kappa shape index (κ2) is 6.37. The van der Waals surface area contributed by atoms with Crippen LogP contribution in [0.4, 0.5) is 5.69 Å². The van der Waals surface area contributed by atoms with Crippen LogP contribution in [0, 0.1) is 17.0 Å². The van der Waals surface area contributed by atoms with Crippen molar-refractivity contribution in [2.45, 2.75) is 6.92 Å². The molecule has 0 saturated heterocycles. The van der Waals surface area contributed by atoms with E-state index in [2.05, 4.69) is 0 Å². The number of ketones is 1. The van der Waals surface area contributed by atoms with E-state index in [1.165, 1.54) is 24.3 Å². The number of carbonyl (C=O) groups excluding carboxylic acids is 1. The number of hydrogen-bond donors (Lipinski definition) is 0. The SMILES string of the molecule is Cc1cc(OCC(=O)c2ccc([N+](=O)[O-])cc2)ccc1Cl. The Bertz CT molecular complexity index is 683. The molecular weight excluding hydrogens is 294 g/mol. The first-order valence-electron chi connectivity index (χ1n) is 6.14. The van der Waals surface area contributed by atoms with Crippen molar-refractivity contribution < 1.29 is 14.5 Å². The lowest BCUT2D eigenvalue weighted by molar-refractivity contribution is -0.384. The number of nitro benzene ring substituents is 1. The number of benzene rings is 2. The van der Waals surface area contributed by atoms with Crippen molar-refractivity contribution in [2.24, 2.45) is 0 Å². The molecule has 0 amide bonds. The molecule has 0 N–H and O–H groups in total. The molecule has 0 aliphatic heterocycles. The Balaban J connectivity index is 2.01. The molecule has 0 saturated carbocycles. The maximum Gasteiger partial charge on any atom is 0.269 e. The fourth-order valence-electron chi connectivity index (χ4n) is 1.71. The lowest BCUT2D eigenvalue weighted by Gasteiger charge is -2.07. The van der Waals surface area contributed by atoms with E-state index in [-0.39, 0.29) is 18.1 Å². The second-order valence-electron chi connectivity index (χ2n) is 4.43. The molecule has 2 aromatic carbocycles. The second-order valence-corrected chi connectivity index (χ2v) is 4.83. The quantitative estimate of drug-likeness (QED) is 0.478. The van der Waals surface area contributed by atoms with Crippen LogP contribution in [0.25, 0.3) is 0 Å². The van der Waals surface area contributed by atoms with E-state index < -0.39 is 4.92 Å². The first-order chi connectivity index (χ1) is 9.97. The third-order valence-electron chi connectivity index (χ3n) is 2.90. The summed E-state index contributed by atoms with van der Waals surface area (Å²) in [4.78, 5) is 22.0. The Morgan fingerprint density at radius 1 is 1.24 bits per heavy atom. The fourth-order valence-corrected chi connectivity index (χ4v) is 1.83. The van der Waals surface area contributed by atoms with Crippen LogP contribution in [-0.2, 0) is 0 Å². The van der Waals surface area contributed by atoms with Gasteiger partial charge in [0.2, 0.25) is 0 Å². The summed E-state index contributed by atoms with van der Waals surface area (Å²) in [5.74, 6) is 0.296. The standard InChI is InChI=1S/C15H12ClNO4/c1-10-8-13(6-7-14(10)16)21-9-15(18)11-2-4-12(5-3-11)17(19)20/h2-8H,9H2,1H3. The summed E-state index contributed by atoms with van der Waals surface area (Å²) in [5, 5.41) is 11.2. The van der Waals surface area contributed by atoms with Gasteiger partial charge in [0, 0.05) is 22.7 Å². The van der Waals surface area contributed by atoms with Gasteiger partial charge in [-0.2, -0.15) is 0 Å². The number of aryl methyl sites for hydroxylation is 1. The maximum absolute atomic E-state index is 11.9. The molecule has 0 aliphatic rings. The molecule has 21 heavy (non-hydrogen) atoms. The molecule has 0 atom stereocenters. The average molecular weight is 306 g/mol. The molecule has 0 fully saturated rings. The van der Waals surface area contributed by atoms with Crippen molar-refractivity contribution in [1.82, 2.24) is 0 Å². The van der Waals surface area contributed by atoms with Crippen LogP contribution in [0.2, 0.25) is 5.02 Å². The van der Waals surface area contributed by atoms with Gasteiger partial charge in [0.05, 0.1) is 4.92 Å². The fraction of sp³-hybridized carbons (Fsp3) is 0.133. The number of hydrogen-bond acceptors (Lipinski definition) is 4. The minimum Gasteiger partial charge on any atom is -0.485 e. The first kappa shape index (κ1) is 15.0. The Kier molecular flexibility index (Phi) is 4.55. The molecule has 0 heterocycles. The summed E-state index contributed by atoms with van der Waals surface area (Å²) in [6.07, 6.45) is 0. The van der Waals surface area contributed by atoms with Gasteiger partial charge in [-0.15, -0.1) is 0 Å².